The summed E-state index contributed by atoms with van der Waals surface area (Å²) >= 11 is 0. The van der Waals surface area contributed by atoms with Crippen LogP contribution >= 0.6 is 0 Å². The van der Waals surface area contributed by atoms with Crippen molar-refractivity contribution in [1.29, 1.82) is 0 Å². The number of ether oxygens (including phenoxy) is 1. The summed E-state index contributed by atoms with van der Waals surface area (Å²) < 4.78 is 4.22. The number of cyclic esters (lactones) is 2. The highest BCUT2D eigenvalue weighted by Crippen LogP contribution is 2.28. The molecular formula is C8H4O5. The van der Waals surface area contributed by atoms with Crippen LogP contribution in [0.2, 0.25) is 0 Å². The van der Waals surface area contributed by atoms with Gasteiger partial charge in [-0.3, -0.25) is 19.2 Å². The highest BCUT2D eigenvalue weighted by molar-refractivity contribution is 6.47. The SMILES string of the molecule is O=C1C=CC2C(=O)OC(=O)C2C1=O. The molecule has 0 aromatic rings. The van der Waals surface area contributed by atoms with Crippen LogP contribution in [0.5, 0.6) is 0 Å². The Balaban J connectivity index is 2.47. The molecule has 13 heavy (non-hydrogen) atoms. The predicted molar refractivity (Wildman–Crippen MR) is 37.2 cm³/mol. The third kappa shape index (κ3) is 0.932. The average Bonchev–Trinajstić information content (AvgIpc) is 2.35. The molecule has 0 aromatic carbocycles. The van der Waals surface area contributed by atoms with Crippen LogP contribution in [0, 0.1) is 11.8 Å². The molecular weight excluding hydrogens is 176 g/mol. The van der Waals surface area contributed by atoms with Gasteiger partial charge in [0, 0.05) is 0 Å². The van der Waals surface area contributed by atoms with Gasteiger partial charge in [-0.05, 0) is 6.08 Å². The van der Waals surface area contributed by atoms with E-state index in [2.05, 4.69) is 4.74 Å². The van der Waals surface area contributed by atoms with Crippen LogP contribution in [0.25, 0.3) is 0 Å². The molecule has 5 heteroatoms. The molecule has 1 aliphatic heterocycles. The zero-order valence-corrected chi connectivity index (χ0v) is 6.35. The minimum atomic E-state index is -1.23. The first-order valence-corrected chi connectivity index (χ1v) is 3.63. The normalized spacial score (nSPS) is 32.0. The summed E-state index contributed by atoms with van der Waals surface area (Å²) in [5.41, 5.74) is 0. The molecule has 0 radical (unpaired) electrons. The van der Waals surface area contributed by atoms with Crippen LogP contribution in [0.1, 0.15) is 0 Å². The number of Topliss-reactive ketones (excluding diaryl/α,β-unsaturated/α-hetero) is 1. The first-order valence-electron chi connectivity index (χ1n) is 3.63. The monoisotopic (exact) mass is 180 g/mol. The number of ketones is 2. The van der Waals surface area contributed by atoms with Crippen LogP contribution in [0.4, 0.5) is 0 Å². The minimum Gasteiger partial charge on any atom is -0.392 e. The maximum Gasteiger partial charge on any atom is 0.325 e. The molecule has 2 atom stereocenters. The average molecular weight is 180 g/mol. The summed E-state index contributed by atoms with van der Waals surface area (Å²) in [6, 6.07) is 0. The van der Waals surface area contributed by atoms with Gasteiger partial charge >= 0.3 is 11.9 Å². The van der Waals surface area contributed by atoms with Gasteiger partial charge in [-0.25, -0.2) is 0 Å². The van der Waals surface area contributed by atoms with Gasteiger partial charge in [0.25, 0.3) is 0 Å². The number of allylic oxidation sites excluding steroid dienone is 1. The number of esters is 2. The summed E-state index contributed by atoms with van der Waals surface area (Å²) in [6.45, 7) is 0. The molecule has 1 fully saturated rings. The molecule has 0 N–H and O–H groups in total. The smallest absolute Gasteiger partial charge is 0.325 e. The Kier molecular flexibility index (Phi) is 1.42. The summed E-state index contributed by atoms with van der Waals surface area (Å²) in [7, 11) is 0. The van der Waals surface area contributed by atoms with Gasteiger partial charge in [-0.15, -0.1) is 0 Å². The van der Waals surface area contributed by atoms with Gasteiger partial charge in [0.2, 0.25) is 11.6 Å². The highest BCUT2D eigenvalue weighted by atomic mass is 16.6. The van der Waals surface area contributed by atoms with Crippen molar-refractivity contribution in [2.45, 2.75) is 0 Å². The minimum absolute atomic E-state index is 0.757. The summed E-state index contributed by atoms with van der Waals surface area (Å²) in [4.78, 5) is 43.8. The molecule has 1 saturated heterocycles. The first kappa shape index (κ1) is 7.85. The quantitative estimate of drug-likeness (QED) is 0.272. The zero-order chi connectivity index (χ0) is 9.59. The van der Waals surface area contributed by atoms with E-state index in [1.807, 2.05) is 0 Å². The van der Waals surface area contributed by atoms with Crippen LogP contribution in [-0.2, 0) is 23.9 Å². The Morgan fingerprint density at radius 1 is 1.08 bits per heavy atom. The molecule has 0 spiro atoms. The molecule has 5 nitrogen and oxygen atoms in total. The maximum absolute atomic E-state index is 11.1. The van der Waals surface area contributed by atoms with E-state index >= 15 is 0 Å². The van der Waals surface area contributed by atoms with Gasteiger partial charge in [-0.1, -0.05) is 6.08 Å². The molecule has 0 aromatic heterocycles. The summed E-state index contributed by atoms with van der Waals surface area (Å²) in [5, 5.41) is 0. The van der Waals surface area contributed by atoms with Crippen LogP contribution < -0.4 is 0 Å². The van der Waals surface area contributed by atoms with Crippen molar-refractivity contribution in [2.75, 3.05) is 0 Å². The Morgan fingerprint density at radius 3 is 2.46 bits per heavy atom. The van der Waals surface area contributed by atoms with Gasteiger partial charge in [0.1, 0.15) is 5.92 Å². The van der Waals surface area contributed by atoms with Crippen molar-refractivity contribution in [3.05, 3.63) is 12.2 Å². The standard InChI is InChI=1S/C8H4O5/c9-4-2-1-3-5(6(4)10)8(12)13-7(3)11/h1-3,5H. The molecule has 0 bridgehead atoms. The number of carbonyl (C=O) groups excluding carboxylic acids is 4. The molecule has 2 unspecified atom stereocenters. The molecule has 0 saturated carbocycles. The van der Waals surface area contributed by atoms with Crippen molar-refractivity contribution in [3.63, 3.8) is 0 Å². The second-order valence-electron chi connectivity index (χ2n) is 2.83. The molecule has 1 heterocycles. The van der Waals surface area contributed by atoms with Gasteiger partial charge in [0.05, 0.1) is 5.92 Å². The molecule has 2 aliphatic rings. The van der Waals surface area contributed by atoms with E-state index in [1.54, 1.807) is 0 Å². The number of fused-ring (bicyclic) bond motifs is 1. The van der Waals surface area contributed by atoms with E-state index < -0.39 is 35.3 Å². The fourth-order valence-electron chi connectivity index (χ4n) is 1.40. The lowest BCUT2D eigenvalue weighted by Crippen LogP contribution is -2.33. The summed E-state index contributed by atoms with van der Waals surface area (Å²) in [5.74, 6) is -5.41. The van der Waals surface area contributed by atoms with E-state index in [0.717, 1.165) is 6.08 Å². The summed E-state index contributed by atoms with van der Waals surface area (Å²) in [6.07, 6.45) is 2.24. The van der Waals surface area contributed by atoms with E-state index in [0.29, 0.717) is 0 Å². The maximum atomic E-state index is 11.1. The molecule has 0 amide bonds. The van der Waals surface area contributed by atoms with Gasteiger partial charge < -0.3 is 4.74 Å². The Hall–Kier alpha value is -1.78. The lowest BCUT2D eigenvalue weighted by Gasteiger charge is -2.10. The predicted octanol–water partition coefficient (Wildman–Crippen LogP) is -0.990. The largest absolute Gasteiger partial charge is 0.392 e. The Morgan fingerprint density at radius 2 is 1.77 bits per heavy atom. The van der Waals surface area contributed by atoms with Crippen LogP contribution in [0.15, 0.2) is 12.2 Å². The van der Waals surface area contributed by atoms with Crippen molar-refractivity contribution in [3.8, 4) is 0 Å². The second kappa shape index (κ2) is 2.35. The zero-order valence-electron chi connectivity index (χ0n) is 6.35. The van der Waals surface area contributed by atoms with Gasteiger partial charge in [0.15, 0.2) is 0 Å². The number of rotatable bonds is 0. The third-order valence-corrected chi connectivity index (χ3v) is 2.07. The van der Waals surface area contributed by atoms with Gasteiger partial charge in [-0.2, -0.15) is 0 Å². The lowest BCUT2D eigenvalue weighted by molar-refractivity contribution is -0.154. The van der Waals surface area contributed by atoms with E-state index in [1.165, 1.54) is 6.08 Å². The van der Waals surface area contributed by atoms with Crippen molar-refractivity contribution in [1.82, 2.24) is 0 Å². The Bertz CT molecular complexity index is 365. The van der Waals surface area contributed by atoms with Crippen molar-refractivity contribution < 1.29 is 23.9 Å². The van der Waals surface area contributed by atoms with Crippen LogP contribution in [-0.4, -0.2) is 23.5 Å². The Labute approximate surface area is 72.4 Å². The second-order valence-corrected chi connectivity index (χ2v) is 2.83. The van der Waals surface area contributed by atoms with E-state index in [4.69, 9.17) is 0 Å². The third-order valence-electron chi connectivity index (χ3n) is 2.07. The molecule has 66 valence electrons. The topological polar surface area (TPSA) is 77.5 Å². The fourth-order valence-corrected chi connectivity index (χ4v) is 1.40. The van der Waals surface area contributed by atoms with E-state index in [9.17, 15) is 19.2 Å². The molecule has 1 aliphatic carbocycles. The molecule has 2 rings (SSSR count). The number of hydrogen-bond donors (Lipinski definition) is 0. The lowest BCUT2D eigenvalue weighted by atomic mass is 9.84. The van der Waals surface area contributed by atoms with Crippen LogP contribution in [0.3, 0.4) is 0 Å². The highest BCUT2D eigenvalue weighted by Gasteiger charge is 2.50. The number of carbonyl (C=O) groups is 4. The van der Waals surface area contributed by atoms with Crippen molar-refractivity contribution in [2.24, 2.45) is 11.8 Å². The first-order chi connectivity index (χ1) is 6.11. The number of hydrogen-bond acceptors (Lipinski definition) is 5. The fraction of sp³-hybridized carbons (Fsp3) is 0.250. The van der Waals surface area contributed by atoms with E-state index in [-0.39, 0.29) is 0 Å². The van der Waals surface area contributed by atoms with Crippen molar-refractivity contribution >= 4 is 23.5 Å².